The van der Waals surface area contributed by atoms with E-state index in [-0.39, 0.29) is 30.3 Å². The Morgan fingerprint density at radius 3 is 2.58 bits per heavy atom. The third kappa shape index (κ3) is 2.76. The van der Waals surface area contributed by atoms with E-state index in [1.165, 1.54) is 6.92 Å². The zero-order chi connectivity index (χ0) is 14.0. The first kappa shape index (κ1) is 13.5. The van der Waals surface area contributed by atoms with Crippen molar-refractivity contribution in [3.8, 4) is 0 Å². The fourth-order valence-corrected chi connectivity index (χ4v) is 2.36. The lowest BCUT2D eigenvalue weighted by Crippen LogP contribution is -2.61. The number of benzene rings is 1. The zero-order valence-electron chi connectivity index (χ0n) is 11.2. The Balaban J connectivity index is 2.27. The number of nitrogens with two attached hydrogens (primary N) is 1. The van der Waals surface area contributed by atoms with Crippen molar-refractivity contribution in [1.29, 1.82) is 0 Å². The van der Waals surface area contributed by atoms with Crippen LogP contribution in [0.25, 0.3) is 0 Å². The highest BCUT2D eigenvalue weighted by atomic mass is 16.2. The predicted octanol–water partition coefficient (Wildman–Crippen LogP) is 0.541. The summed E-state index contributed by atoms with van der Waals surface area (Å²) >= 11 is 0. The molecule has 102 valence electrons. The zero-order valence-corrected chi connectivity index (χ0v) is 11.2. The maximum absolute atomic E-state index is 11.9. The first-order valence-corrected chi connectivity index (χ1v) is 6.41. The second kappa shape index (κ2) is 5.40. The van der Waals surface area contributed by atoms with Crippen LogP contribution in [0.15, 0.2) is 24.3 Å². The lowest BCUT2D eigenvalue weighted by atomic mass is 10.1. The van der Waals surface area contributed by atoms with Gasteiger partial charge < -0.3 is 16.0 Å². The molecule has 1 aromatic rings. The van der Waals surface area contributed by atoms with Crippen molar-refractivity contribution in [2.24, 2.45) is 5.73 Å². The fraction of sp³-hybridized carbons (Fsp3) is 0.429. The van der Waals surface area contributed by atoms with Gasteiger partial charge in [0.15, 0.2) is 5.78 Å². The van der Waals surface area contributed by atoms with Crippen LogP contribution < -0.4 is 16.0 Å². The first-order valence-electron chi connectivity index (χ1n) is 6.41. The van der Waals surface area contributed by atoms with E-state index < -0.39 is 0 Å². The number of hydrogen-bond acceptors (Lipinski definition) is 4. The van der Waals surface area contributed by atoms with E-state index in [0.29, 0.717) is 12.1 Å². The minimum Gasteiger partial charge on any atom is -0.356 e. The van der Waals surface area contributed by atoms with Crippen molar-refractivity contribution in [3.63, 3.8) is 0 Å². The van der Waals surface area contributed by atoms with Crippen LogP contribution in [-0.2, 0) is 4.79 Å². The van der Waals surface area contributed by atoms with E-state index in [9.17, 15) is 9.59 Å². The third-order valence-electron chi connectivity index (χ3n) is 3.37. The maximum atomic E-state index is 11.9. The van der Waals surface area contributed by atoms with Crippen molar-refractivity contribution in [2.45, 2.75) is 25.9 Å². The van der Waals surface area contributed by atoms with Gasteiger partial charge in [0, 0.05) is 30.4 Å². The van der Waals surface area contributed by atoms with E-state index in [0.717, 1.165) is 5.69 Å². The molecule has 0 radical (unpaired) electrons. The van der Waals surface area contributed by atoms with Gasteiger partial charge in [-0.3, -0.25) is 9.59 Å². The molecule has 5 heteroatoms. The van der Waals surface area contributed by atoms with Gasteiger partial charge in [0.2, 0.25) is 5.91 Å². The second-order valence-electron chi connectivity index (χ2n) is 4.92. The predicted molar refractivity (Wildman–Crippen MR) is 74.2 cm³/mol. The number of nitrogens with one attached hydrogen (secondary N) is 1. The van der Waals surface area contributed by atoms with Gasteiger partial charge in [0.25, 0.3) is 0 Å². The van der Waals surface area contributed by atoms with Crippen LogP contribution in [0.3, 0.4) is 0 Å². The molecule has 1 aromatic carbocycles. The first-order chi connectivity index (χ1) is 9.02. The molecule has 0 bridgehead atoms. The molecule has 2 rings (SSSR count). The Labute approximate surface area is 112 Å². The molecule has 0 aliphatic carbocycles. The maximum Gasteiger partial charge on any atom is 0.244 e. The lowest BCUT2D eigenvalue weighted by Gasteiger charge is -2.39. The standard InChI is InChI=1S/C14H19N3O2/c1-9-8-17(13(7-15)14(19)16-9)12-5-3-11(4-6-12)10(2)18/h3-6,9,13H,7-8,15H2,1-2H3,(H,16,19). The van der Waals surface area contributed by atoms with Gasteiger partial charge in [-0.1, -0.05) is 0 Å². The Bertz CT molecular complexity index is 484. The summed E-state index contributed by atoms with van der Waals surface area (Å²) in [5.74, 6) is -0.0106. The Hall–Kier alpha value is -1.88. The third-order valence-corrected chi connectivity index (χ3v) is 3.37. The van der Waals surface area contributed by atoms with E-state index in [1.807, 2.05) is 24.0 Å². The molecule has 0 spiro atoms. The SMILES string of the molecule is CC(=O)c1ccc(N2CC(C)NC(=O)C2CN)cc1. The number of piperazine rings is 1. The number of anilines is 1. The molecule has 0 aromatic heterocycles. The van der Waals surface area contributed by atoms with Crippen LogP contribution >= 0.6 is 0 Å². The summed E-state index contributed by atoms with van der Waals surface area (Å²) in [5.41, 5.74) is 7.28. The van der Waals surface area contributed by atoms with Gasteiger partial charge in [-0.15, -0.1) is 0 Å². The van der Waals surface area contributed by atoms with Crippen LogP contribution in [0, 0.1) is 0 Å². The molecule has 19 heavy (non-hydrogen) atoms. The van der Waals surface area contributed by atoms with E-state index >= 15 is 0 Å². The van der Waals surface area contributed by atoms with Gasteiger partial charge in [-0.05, 0) is 38.1 Å². The van der Waals surface area contributed by atoms with Crippen LogP contribution in [0.2, 0.25) is 0 Å². The van der Waals surface area contributed by atoms with E-state index in [1.54, 1.807) is 12.1 Å². The molecule has 1 fully saturated rings. The number of Topliss-reactive ketones (excluding diaryl/α,β-unsaturated/α-hetero) is 1. The molecule has 1 amide bonds. The molecule has 5 nitrogen and oxygen atoms in total. The van der Waals surface area contributed by atoms with Crippen LogP contribution in [0.1, 0.15) is 24.2 Å². The fourth-order valence-electron chi connectivity index (χ4n) is 2.36. The number of hydrogen-bond donors (Lipinski definition) is 2. The molecular weight excluding hydrogens is 242 g/mol. The molecule has 3 N–H and O–H groups in total. The topological polar surface area (TPSA) is 75.4 Å². The average Bonchev–Trinajstić information content (AvgIpc) is 2.38. The number of amides is 1. The Kier molecular flexibility index (Phi) is 3.85. The highest BCUT2D eigenvalue weighted by Gasteiger charge is 2.31. The summed E-state index contributed by atoms with van der Waals surface area (Å²) in [5, 5.41) is 2.89. The second-order valence-corrected chi connectivity index (χ2v) is 4.92. The molecule has 2 unspecified atom stereocenters. The van der Waals surface area contributed by atoms with E-state index in [4.69, 9.17) is 5.73 Å². The van der Waals surface area contributed by atoms with E-state index in [2.05, 4.69) is 5.32 Å². The van der Waals surface area contributed by atoms with Crippen molar-refractivity contribution < 1.29 is 9.59 Å². The number of nitrogens with zero attached hydrogens (tertiary/aromatic N) is 1. The summed E-state index contributed by atoms with van der Waals surface area (Å²) in [6, 6.07) is 7.03. The van der Waals surface area contributed by atoms with Crippen LogP contribution in [-0.4, -0.2) is 36.9 Å². The van der Waals surface area contributed by atoms with Crippen molar-refractivity contribution in [3.05, 3.63) is 29.8 Å². The monoisotopic (exact) mass is 261 g/mol. The van der Waals surface area contributed by atoms with Gasteiger partial charge in [-0.2, -0.15) is 0 Å². The number of carbonyl (C=O) groups is 2. The smallest absolute Gasteiger partial charge is 0.244 e. The largest absolute Gasteiger partial charge is 0.356 e. The van der Waals surface area contributed by atoms with Gasteiger partial charge >= 0.3 is 0 Å². The number of ketones is 1. The summed E-state index contributed by atoms with van der Waals surface area (Å²) in [6.07, 6.45) is 0. The van der Waals surface area contributed by atoms with Crippen molar-refractivity contribution >= 4 is 17.4 Å². The van der Waals surface area contributed by atoms with Crippen LogP contribution in [0.5, 0.6) is 0 Å². The van der Waals surface area contributed by atoms with Crippen molar-refractivity contribution in [1.82, 2.24) is 5.32 Å². The van der Waals surface area contributed by atoms with Crippen LogP contribution in [0.4, 0.5) is 5.69 Å². The van der Waals surface area contributed by atoms with Crippen molar-refractivity contribution in [2.75, 3.05) is 18.0 Å². The van der Waals surface area contributed by atoms with Gasteiger partial charge in [0.05, 0.1) is 0 Å². The quantitative estimate of drug-likeness (QED) is 0.779. The molecule has 1 heterocycles. The minimum atomic E-state index is -0.348. The average molecular weight is 261 g/mol. The molecule has 1 saturated heterocycles. The lowest BCUT2D eigenvalue weighted by molar-refractivity contribution is -0.123. The molecule has 1 aliphatic rings. The Morgan fingerprint density at radius 2 is 2.05 bits per heavy atom. The highest BCUT2D eigenvalue weighted by Crippen LogP contribution is 2.21. The van der Waals surface area contributed by atoms with Gasteiger partial charge in [-0.25, -0.2) is 0 Å². The Morgan fingerprint density at radius 1 is 1.42 bits per heavy atom. The summed E-state index contributed by atoms with van der Waals surface area (Å²) in [4.78, 5) is 25.2. The summed E-state index contributed by atoms with van der Waals surface area (Å²) in [7, 11) is 0. The normalized spacial score (nSPS) is 23.1. The number of carbonyl (C=O) groups excluding carboxylic acids is 2. The molecule has 2 atom stereocenters. The molecule has 1 aliphatic heterocycles. The highest BCUT2D eigenvalue weighted by molar-refractivity contribution is 5.94. The molecule has 0 saturated carbocycles. The molecular formula is C14H19N3O2. The van der Waals surface area contributed by atoms with Gasteiger partial charge in [0.1, 0.15) is 6.04 Å². The minimum absolute atomic E-state index is 0.0340. The summed E-state index contributed by atoms with van der Waals surface area (Å²) in [6.45, 7) is 4.48. The summed E-state index contributed by atoms with van der Waals surface area (Å²) < 4.78 is 0. The number of rotatable bonds is 3.